The summed E-state index contributed by atoms with van der Waals surface area (Å²) in [4.78, 5) is 40.2. The molecule has 1 saturated carbocycles. The van der Waals surface area contributed by atoms with Crippen LogP contribution in [0, 0.1) is 11.8 Å². The molecule has 0 bridgehead atoms. The molecule has 48 heavy (non-hydrogen) atoms. The van der Waals surface area contributed by atoms with E-state index in [9.17, 15) is 9.59 Å². The summed E-state index contributed by atoms with van der Waals surface area (Å²) in [6.07, 6.45) is 10.2. The van der Waals surface area contributed by atoms with Gasteiger partial charge in [0.1, 0.15) is 0 Å². The highest BCUT2D eigenvalue weighted by molar-refractivity contribution is 5.81. The van der Waals surface area contributed by atoms with Crippen LogP contribution in [0.25, 0.3) is 0 Å². The van der Waals surface area contributed by atoms with Crippen molar-refractivity contribution >= 4 is 11.8 Å². The van der Waals surface area contributed by atoms with Gasteiger partial charge in [-0.05, 0) is 75.3 Å². The van der Waals surface area contributed by atoms with Gasteiger partial charge in [0.2, 0.25) is 23.6 Å². The van der Waals surface area contributed by atoms with E-state index in [1.54, 1.807) is 0 Å². The smallest absolute Gasteiger partial charge is 0.231 e. The molecule has 0 N–H and O–H groups in total. The Bertz CT molecular complexity index is 1510. The summed E-state index contributed by atoms with van der Waals surface area (Å²) in [5.41, 5.74) is 2.63. The van der Waals surface area contributed by atoms with Crippen LogP contribution in [-0.4, -0.2) is 68.1 Å². The third-order valence-corrected chi connectivity index (χ3v) is 10.5. The van der Waals surface area contributed by atoms with Crippen LogP contribution < -0.4 is 0 Å². The zero-order valence-electron chi connectivity index (χ0n) is 27.7. The molecule has 2 amide bonds. The van der Waals surface area contributed by atoms with Crippen LogP contribution in [0.3, 0.4) is 0 Å². The Morgan fingerprint density at radius 2 is 1.00 bits per heavy atom. The first-order valence-electron chi connectivity index (χ1n) is 17.9. The van der Waals surface area contributed by atoms with Gasteiger partial charge in [0.25, 0.3) is 0 Å². The number of hydrogen-bond donors (Lipinski definition) is 0. The Balaban J connectivity index is 0.819. The largest absolute Gasteiger partial charge is 0.342 e. The van der Waals surface area contributed by atoms with Crippen LogP contribution in [0.5, 0.6) is 0 Å². The number of aryl methyl sites for hydroxylation is 4. The Morgan fingerprint density at radius 3 is 1.42 bits per heavy atom. The van der Waals surface area contributed by atoms with E-state index in [1.807, 2.05) is 21.9 Å². The molecule has 0 radical (unpaired) electrons. The standard InChI is InChI=1S/C38H46N6O4/c45-37(43-23-21-31(25-43)35-39-33(41-47-35)15-7-13-27-9-3-1-4-10-27)29-17-19-30(20-18-29)38(46)44-24-22-32(26-44)36-40-34(42-48-36)16-8-14-28-11-5-2-6-12-28/h1-6,9-12,29-32H,7-8,13-26H2/t29?,30?,31-,32-/m1/s1. The first kappa shape index (κ1) is 32.2. The van der Waals surface area contributed by atoms with Gasteiger partial charge in [-0.1, -0.05) is 71.0 Å². The summed E-state index contributed by atoms with van der Waals surface area (Å²) >= 11 is 0. The second kappa shape index (κ2) is 15.3. The molecule has 4 aromatic rings. The highest BCUT2D eigenvalue weighted by Gasteiger charge is 2.39. The van der Waals surface area contributed by atoms with Crippen molar-refractivity contribution in [3.63, 3.8) is 0 Å². The minimum absolute atomic E-state index is 0.0194. The number of likely N-dealkylation sites (tertiary alicyclic amines) is 2. The van der Waals surface area contributed by atoms with Crippen LogP contribution in [0.1, 0.15) is 97.8 Å². The monoisotopic (exact) mass is 650 g/mol. The number of rotatable bonds is 12. The molecule has 3 fully saturated rings. The Morgan fingerprint density at radius 1 is 0.583 bits per heavy atom. The molecule has 2 aliphatic heterocycles. The number of carbonyl (C=O) groups excluding carboxylic acids is 2. The van der Waals surface area contributed by atoms with E-state index in [0.717, 1.165) is 88.7 Å². The topological polar surface area (TPSA) is 118 Å². The van der Waals surface area contributed by atoms with Gasteiger partial charge in [-0.25, -0.2) is 0 Å². The van der Waals surface area contributed by atoms with E-state index in [4.69, 9.17) is 9.05 Å². The first-order valence-corrected chi connectivity index (χ1v) is 17.9. The summed E-state index contributed by atoms with van der Waals surface area (Å²) in [7, 11) is 0. The normalized spacial score (nSPS) is 22.8. The summed E-state index contributed by atoms with van der Waals surface area (Å²) in [5, 5.41) is 8.43. The second-order valence-corrected chi connectivity index (χ2v) is 13.9. The van der Waals surface area contributed by atoms with Crippen LogP contribution >= 0.6 is 0 Å². The zero-order chi connectivity index (χ0) is 32.7. The predicted octanol–water partition coefficient (Wildman–Crippen LogP) is 5.94. The Labute approximate surface area is 282 Å². The Kier molecular flexibility index (Phi) is 10.2. The van der Waals surface area contributed by atoms with Crippen molar-refractivity contribution in [2.75, 3.05) is 26.2 Å². The van der Waals surface area contributed by atoms with Crippen molar-refractivity contribution in [1.29, 1.82) is 0 Å². The van der Waals surface area contributed by atoms with E-state index in [1.165, 1.54) is 11.1 Å². The fourth-order valence-corrected chi connectivity index (χ4v) is 7.69. The minimum atomic E-state index is -0.0194. The number of aromatic nitrogens is 4. The third-order valence-electron chi connectivity index (χ3n) is 10.5. The first-order chi connectivity index (χ1) is 23.6. The molecule has 0 unspecified atom stereocenters. The summed E-state index contributed by atoms with van der Waals surface area (Å²) < 4.78 is 11.3. The number of benzene rings is 2. The van der Waals surface area contributed by atoms with Crippen molar-refractivity contribution < 1.29 is 18.6 Å². The summed E-state index contributed by atoms with van der Waals surface area (Å²) in [6, 6.07) is 20.9. The maximum absolute atomic E-state index is 13.5. The van der Waals surface area contributed by atoms with Crippen LogP contribution in [0.2, 0.25) is 0 Å². The van der Waals surface area contributed by atoms with Gasteiger partial charge in [-0.3, -0.25) is 9.59 Å². The molecular weight excluding hydrogens is 604 g/mol. The fraction of sp³-hybridized carbons (Fsp3) is 0.526. The van der Waals surface area contributed by atoms with Gasteiger partial charge in [-0.2, -0.15) is 9.97 Å². The van der Waals surface area contributed by atoms with Crippen molar-refractivity contribution in [2.24, 2.45) is 11.8 Å². The van der Waals surface area contributed by atoms with Gasteiger partial charge in [0.15, 0.2) is 11.6 Å². The average Bonchev–Trinajstić information content (AvgIpc) is 3.96. The summed E-state index contributed by atoms with van der Waals surface area (Å²) in [5.74, 6) is 3.36. The molecule has 0 spiro atoms. The van der Waals surface area contributed by atoms with Gasteiger partial charge < -0.3 is 18.8 Å². The minimum Gasteiger partial charge on any atom is -0.342 e. The second-order valence-electron chi connectivity index (χ2n) is 13.9. The maximum atomic E-state index is 13.5. The van der Waals surface area contributed by atoms with Gasteiger partial charge in [-0.15, -0.1) is 0 Å². The lowest BCUT2D eigenvalue weighted by Gasteiger charge is -2.31. The zero-order valence-corrected chi connectivity index (χ0v) is 27.7. The quantitative estimate of drug-likeness (QED) is 0.185. The number of amides is 2. The fourth-order valence-electron chi connectivity index (χ4n) is 7.69. The van der Waals surface area contributed by atoms with E-state index >= 15 is 0 Å². The lowest BCUT2D eigenvalue weighted by Crippen LogP contribution is -2.40. The third kappa shape index (κ3) is 7.85. The molecule has 10 nitrogen and oxygen atoms in total. The molecule has 7 rings (SSSR count). The maximum Gasteiger partial charge on any atom is 0.231 e. The number of nitrogens with zero attached hydrogens (tertiary/aromatic N) is 6. The number of hydrogen-bond acceptors (Lipinski definition) is 8. The van der Waals surface area contributed by atoms with Gasteiger partial charge >= 0.3 is 0 Å². The van der Waals surface area contributed by atoms with Crippen molar-refractivity contribution in [2.45, 2.75) is 88.9 Å². The van der Waals surface area contributed by atoms with Crippen molar-refractivity contribution in [3.05, 3.63) is 95.2 Å². The van der Waals surface area contributed by atoms with Crippen molar-refractivity contribution in [1.82, 2.24) is 30.1 Å². The molecule has 2 saturated heterocycles. The van der Waals surface area contributed by atoms with Crippen LogP contribution in [0.15, 0.2) is 69.7 Å². The molecule has 252 valence electrons. The number of carbonyl (C=O) groups is 2. The molecule has 10 heteroatoms. The molecule has 1 aliphatic carbocycles. The van der Waals surface area contributed by atoms with Gasteiger partial charge in [0.05, 0.1) is 11.8 Å². The van der Waals surface area contributed by atoms with E-state index in [0.29, 0.717) is 38.0 Å². The highest BCUT2D eigenvalue weighted by Crippen LogP contribution is 2.36. The van der Waals surface area contributed by atoms with E-state index < -0.39 is 0 Å². The molecule has 2 atom stereocenters. The highest BCUT2D eigenvalue weighted by atomic mass is 16.5. The molecule has 3 aliphatic rings. The molecule has 4 heterocycles. The van der Waals surface area contributed by atoms with Crippen LogP contribution in [0.4, 0.5) is 0 Å². The predicted molar refractivity (Wildman–Crippen MR) is 179 cm³/mol. The van der Waals surface area contributed by atoms with Crippen molar-refractivity contribution in [3.8, 4) is 0 Å². The lowest BCUT2D eigenvalue weighted by atomic mass is 9.80. The lowest BCUT2D eigenvalue weighted by molar-refractivity contribution is -0.140. The van der Waals surface area contributed by atoms with E-state index in [-0.39, 0.29) is 35.5 Å². The molecule has 2 aromatic heterocycles. The SMILES string of the molecule is O=C(C1CCC(C(=O)N2CC[C@@H](c3nc(CCCc4ccccc4)no3)C2)CC1)N1CC[C@@H](c2nc(CCCc3ccccc3)no2)C1. The summed E-state index contributed by atoms with van der Waals surface area (Å²) in [6.45, 7) is 2.69. The van der Waals surface area contributed by atoms with E-state index in [2.05, 4.69) is 68.8 Å². The Hall–Kier alpha value is -4.34. The molecule has 2 aromatic carbocycles. The van der Waals surface area contributed by atoms with Crippen LogP contribution in [-0.2, 0) is 35.3 Å². The molecular formula is C38H46N6O4. The van der Waals surface area contributed by atoms with Gasteiger partial charge in [0, 0.05) is 50.9 Å². The average molecular weight is 651 g/mol.